The number of carbonyl (C=O) groups is 4. The number of fused-ring (bicyclic) bond motifs is 2. The number of imide groups is 1. The first kappa shape index (κ1) is 16.9. The van der Waals surface area contributed by atoms with Crippen molar-refractivity contribution in [3.05, 3.63) is 35.4 Å². The number of amides is 4. The van der Waals surface area contributed by atoms with E-state index in [1.807, 2.05) is 24.3 Å². The van der Waals surface area contributed by atoms with Crippen LogP contribution in [0.5, 0.6) is 0 Å². The number of aliphatic carboxylic acids is 1. The lowest BCUT2D eigenvalue weighted by molar-refractivity contribution is -0.149. The van der Waals surface area contributed by atoms with Gasteiger partial charge in [0, 0.05) is 7.05 Å². The maximum absolute atomic E-state index is 12.9. The number of nitrogens with zero attached hydrogens (tertiary/aromatic N) is 2. The highest BCUT2D eigenvalue weighted by Crippen LogP contribution is 2.41. The van der Waals surface area contributed by atoms with Crippen molar-refractivity contribution in [3.63, 3.8) is 0 Å². The summed E-state index contributed by atoms with van der Waals surface area (Å²) in [6, 6.07) is 5.73. The minimum atomic E-state index is -1.16. The van der Waals surface area contributed by atoms with Crippen LogP contribution in [0.2, 0.25) is 0 Å². The minimum absolute atomic E-state index is 0.447. The molecule has 1 aliphatic heterocycles. The predicted octanol–water partition coefficient (Wildman–Crippen LogP) is 0.311. The number of nitrogens with one attached hydrogen (secondary N) is 1. The lowest BCUT2D eigenvalue weighted by Gasteiger charge is -2.25. The molecule has 8 heteroatoms. The smallest absolute Gasteiger partial charge is 0.326 e. The molecule has 2 unspecified atom stereocenters. The van der Waals surface area contributed by atoms with Crippen molar-refractivity contribution >= 4 is 23.8 Å². The van der Waals surface area contributed by atoms with Gasteiger partial charge in [-0.1, -0.05) is 24.3 Å². The lowest BCUT2D eigenvalue weighted by Crippen LogP contribution is -2.47. The van der Waals surface area contributed by atoms with Gasteiger partial charge in [-0.2, -0.15) is 0 Å². The molecule has 0 saturated carbocycles. The Labute approximate surface area is 144 Å². The standard InChI is InChI=1S/C17H19N3O5/c1-10(14(22)23)19(2)13(21)9-20-15(24)17(18-16(20)25)8-7-11-5-3-4-6-12(11)17/h3-6,10H,7-9H2,1-2H3,(H,18,25)(H,22,23). The number of carboxylic acid groups (broad SMARTS) is 1. The normalized spacial score (nSPS) is 22.7. The average molecular weight is 345 g/mol. The van der Waals surface area contributed by atoms with Gasteiger partial charge in [0.1, 0.15) is 18.1 Å². The molecule has 8 nitrogen and oxygen atoms in total. The zero-order valence-corrected chi connectivity index (χ0v) is 14.0. The van der Waals surface area contributed by atoms with E-state index >= 15 is 0 Å². The topological polar surface area (TPSA) is 107 Å². The number of likely N-dealkylation sites (N-methyl/N-ethyl adjacent to an activating group) is 1. The van der Waals surface area contributed by atoms with Gasteiger partial charge in [-0.05, 0) is 30.9 Å². The van der Waals surface area contributed by atoms with Gasteiger partial charge in [-0.15, -0.1) is 0 Å². The first-order valence-electron chi connectivity index (χ1n) is 7.99. The quantitative estimate of drug-likeness (QED) is 0.764. The molecular formula is C17H19N3O5. The van der Waals surface area contributed by atoms with Crippen molar-refractivity contribution in [1.29, 1.82) is 0 Å². The van der Waals surface area contributed by atoms with Gasteiger partial charge in [0.15, 0.2) is 0 Å². The zero-order valence-electron chi connectivity index (χ0n) is 14.0. The zero-order chi connectivity index (χ0) is 18.4. The van der Waals surface area contributed by atoms with E-state index in [1.54, 1.807) is 0 Å². The van der Waals surface area contributed by atoms with E-state index in [4.69, 9.17) is 5.11 Å². The summed E-state index contributed by atoms with van der Waals surface area (Å²) in [7, 11) is 1.33. The second-order valence-corrected chi connectivity index (χ2v) is 6.40. The third kappa shape index (κ3) is 2.54. The van der Waals surface area contributed by atoms with Crippen LogP contribution in [0, 0.1) is 0 Å². The summed E-state index contributed by atoms with van der Waals surface area (Å²) in [5, 5.41) is 11.7. The number of urea groups is 1. The highest BCUT2D eigenvalue weighted by molar-refractivity contribution is 6.10. The van der Waals surface area contributed by atoms with Crippen molar-refractivity contribution in [2.24, 2.45) is 0 Å². The molecule has 1 spiro atoms. The molecule has 132 valence electrons. The fourth-order valence-corrected chi connectivity index (χ4v) is 3.36. The van der Waals surface area contributed by atoms with Crippen LogP contribution in [0.4, 0.5) is 4.79 Å². The van der Waals surface area contributed by atoms with Crippen LogP contribution < -0.4 is 5.32 Å². The average Bonchev–Trinajstić information content (AvgIpc) is 3.07. The van der Waals surface area contributed by atoms with Crippen LogP contribution >= 0.6 is 0 Å². The van der Waals surface area contributed by atoms with Crippen molar-refractivity contribution < 1.29 is 24.3 Å². The molecule has 2 aliphatic rings. The Balaban J connectivity index is 1.82. The molecule has 4 amide bonds. The fourth-order valence-electron chi connectivity index (χ4n) is 3.36. The number of hydrogen-bond donors (Lipinski definition) is 2. The van der Waals surface area contributed by atoms with E-state index in [0.717, 1.165) is 20.9 Å². The largest absolute Gasteiger partial charge is 0.480 e. The van der Waals surface area contributed by atoms with Crippen molar-refractivity contribution in [2.45, 2.75) is 31.3 Å². The number of hydrogen-bond acceptors (Lipinski definition) is 4. The molecule has 0 bridgehead atoms. The van der Waals surface area contributed by atoms with Crippen LogP contribution in [-0.4, -0.2) is 58.4 Å². The molecule has 0 radical (unpaired) electrons. The van der Waals surface area contributed by atoms with Crippen molar-refractivity contribution in [3.8, 4) is 0 Å². The summed E-state index contributed by atoms with van der Waals surface area (Å²) in [5.41, 5.74) is 0.641. The lowest BCUT2D eigenvalue weighted by atomic mass is 9.92. The molecule has 3 rings (SSSR count). The Morgan fingerprint density at radius 2 is 2.04 bits per heavy atom. The second kappa shape index (κ2) is 5.87. The van der Waals surface area contributed by atoms with Gasteiger partial charge < -0.3 is 15.3 Å². The first-order valence-corrected chi connectivity index (χ1v) is 7.99. The molecule has 1 aliphatic carbocycles. The van der Waals surface area contributed by atoms with E-state index < -0.39 is 41.9 Å². The molecule has 2 atom stereocenters. The molecule has 0 aromatic heterocycles. The van der Waals surface area contributed by atoms with E-state index in [1.165, 1.54) is 14.0 Å². The van der Waals surface area contributed by atoms with Crippen LogP contribution in [0.3, 0.4) is 0 Å². The molecular weight excluding hydrogens is 326 g/mol. The van der Waals surface area contributed by atoms with E-state index in [2.05, 4.69) is 5.32 Å². The van der Waals surface area contributed by atoms with Gasteiger partial charge in [-0.3, -0.25) is 14.5 Å². The molecule has 1 aromatic rings. The Kier molecular flexibility index (Phi) is 3.98. The summed E-state index contributed by atoms with van der Waals surface area (Å²) in [4.78, 5) is 50.4. The van der Waals surface area contributed by atoms with Crippen LogP contribution in [-0.2, 0) is 26.3 Å². The van der Waals surface area contributed by atoms with Crippen LogP contribution in [0.15, 0.2) is 24.3 Å². The van der Waals surface area contributed by atoms with Crippen LogP contribution in [0.1, 0.15) is 24.5 Å². The number of rotatable bonds is 4. The minimum Gasteiger partial charge on any atom is -0.480 e. The highest BCUT2D eigenvalue weighted by atomic mass is 16.4. The Morgan fingerprint density at radius 1 is 1.36 bits per heavy atom. The third-order valence-electron chi connectivity index (χ3n) is 5.05. The summed E-state index contributed by atoms with van der Waals surface area (Å²) >= 11 is 0. The van der Waals surface area contributed by atoms with E-state index in [9.17, 15) is 19.2 Å². The molecule has 1 saturated heterocycles. The van der Waals surface area contributed by atoms with Crippen molar-refractivity contribution in [2.75, 3.05) is 13.6 Å². The molecule has 2 N–H and O–H groups in total. The van der Waals surface area contributed by atoms with Crippen LogP contribution in [0.25, 0.3) is 0 Å². The number of carbonyl (C=O) groups excluding carboxylic acids is 3. The fraction of sp³-hybridized carbons (Fsp3) is 0.412. The Bertz CT molecular complexity index is 777. The molecule has 25 heavy (non-hydrogen) atoms. The monoisotopic (exact) mass is 345 g/mol. The number of carboxylic acids is 1. The SMILES string of the molecule is CC(C(=O)O)N(C)C(=O)CN1C(=O)NC2(CCc3ccccc32)C1=O. The maximum atomic E-state index is 12.9. The molecule has 1 fully saturated rings. The Hall–Kier alpha value is -2.90. The van der Waals surface area contributed by atoms with E-state index in [0.29, 0.717) is 12.8 Å². The highest BCUT2D eigenvalue weighted by Gasteiger charge is 2.55. The summed E-state index contributed by atoms with van der Waals surface area (Å²) in [6.45, 7) is 0.878. The number of benzene rings is 1. The number of aryl methyl sites for hydroxylation is 1. The van der Waals surface area contributed by atoms with Crippen molar-refractivity contribution in [1.82, 2.24) is 15.1 Å². The third-order valence-corrected chi connectivity index (χ3v) is 5.05. The maximum Gasteiger partial charge on any atom is 0.326 e. The summed E-state index contributed by atoms with van der Waals surface area (Å²) < 4.78 is 0. The predicted molar refractivity (Wildman–Crippen MR) is 86.6 cm³/mol. The van der Waals surface area contributed by atoms with E-state index in [-0.39, 0.29) is 0 Å². The summed E-state index contributed by atoms with van der Waals surface area (Å²) in [6.07, 6.45) is 1.11. The molecule has 1 aromatic carbocycles. The van der Waals surface area contributed by atoms with Gasteiger partial charge in [0.2, 0.25) is 5.91 Å². The first-order chi connectivity index (χ1) is 11.8. The molecule has 1 heterocycles. The van der Waals surface area contributed by atoms with Gasteiger partial charge in [0.25, 0.3) is 5.91 Å². The van der Waals surface area contributed by atoms with Gasteiger partial charge >= 0.3 is 12.0 Å². The van der Waals surface area contributed by atoms with Gasteiger partial charge in [-0.25, -0.2) is 9.59 Å². The Morgan fingerprint density at radius 3 is 2.72 bits per heavy atom. The van der Waals surface area contributed by atoms with Gasteiger partial charge in [0.05, 0.1) is 0 Å². The summed E-state index contributed by atoms with van der Waals surface area (Å²) in [5.74, 6) is -2.23. The second-order valence-electron chi connectivity index (χ2n) is 6.40.